The maximum absolute atomic E-state index is 12.3. The van der Waals surface area contributed by atoms with Crippen molar-refractivity contribution >= 4 is 17.7 Å². The fraction of sp³-hybridized carbons (Fsp3) is 0.478. The summed E-state index contributed by atoms with van der Waals surface area (Å²) >= 11 is 6.26. The van der Waals surface area contributed by atoms with Crippen molar-refractivity contribution < 1.29 is 9.53 Å². The Bertz CT molecular complexity index is 1040. The van der Waals surface area contributed by atoms with Gasteiger partial charge < -0.3 is 10.1 Å². The van der Waals surface area contributed by atoms with Crippen LogP contribution in [0.1, 0.15) is 63.8 Å². The third kappa shape index (κ3) is 5.65. The minimum atomic E-state index is -0.580. The molecule has 0 radical (unpaired) electrons. The Kier molecular flexibility index (Phi) is 6.71. The van der Waals surface area contributed by atoms with Crippen molar-refractivity contribution in [2.45, 2.75) is 63.5 Å². The van der Waals surface area contributed by atoms with Crippen molar-refractivity contribution in [3.05, 3.63) is 63.0 Å². The van der Waals surface area contributed by atoms with Crippen LogP contribution in [0.3, 0.4) is 0 Å². The van der Waals surface area contributed by atoms with Crippen molar-refractivity contribution in [3.8, 4) is 6.07 Å². The van der Waals surface area contributed by atoms with Gasteiger partial charge in [0.2, 0.25) is 0 Å². The van der Waals surface area contributed by atoms with Crippen LogP contribution in [0.5, 0.6) is 0 Å². The number of benzene rings is 1. The molecule has 1 N–H and O–H groups in total. The van der Waals surface area contributed by atoms with E-state index in [1.165, 1.54) is 16.8 Å². The van der Waals surface area contributed by atoms with Crippen molar-refractivity contribution in [3.63, 3.8) is 0 Å². The molecule has 1 aromatic carbocycles. The van der Waals surface area contributed by atoms with E-state index < -0.39 is 11.7 Å². The molecule has 0 atom stereocenters. The van der Waals surface area contributed by atoms with Crippen molar-refractivity contribution in [2.24, 2.45) is 0 Å². The standard InChI is InChI=1S/C23H27ClN4O3/c1-22(2,3)31-21(30)26-15-23(16-5-4-6-17(24)13-16)11-9-19(10-12-23)28-20(29)8-7-18(14-25)27-28/h4-8,13,19H,9-12,15H2,1-3H3,(H,26,30)/t19-,23-. The van der Waals surface area contributed by atoms with E-state index in [1.807, 2.05) is 51.1 Å². The Labute approximate surface area is 187 Å². The summed E-state index contributed by atoms with van der Waals surface area (Å²) in [6.07, 6.45) is 2.35. The van der Waals surface area contributed by atoms with Gasteiger partial charge in [0.1, 0.15) is 11.7 Å². The summed E-state index contributed by atoms with van der Waals surface area (Å²) in [5.74, 6) is 0. The highest BCUT2D eigenvalue weighted by molar-refractivity contribution is 6.30. The molecule has 1 fully saturated rings. The van der Waals surface area contributed by atoms with Gasteiger partial charge in [0.25, 0.3) is 5.56 Å². The number of carbonyl (C=O) groups is 1. The molecule has 7 nitrogen and oxygen atoms in total. The number of hydrogen-bond acceptors (Lipinski definition) is 5. The minimum absolute atomic E-state index is 0.102. The van der Waals surface area contributed by atoms with Crippen LogP contribution in [0.4, 0.5) is 4.79 Å². The van der Waals surface area contributed by atoms with Gasteiger partial charge in [-0.25, -0.2) is 9.48 Å². The molecule has 164 valence electrons. The van der Waals surface area contributed by atoms with Gasteiger partial charge in [0.05, 0.1) is 6.04 Å². The number of carbonyl (C=O) groups excluding carboxylic acids is 1. The summed E-state index contributed by atoms with van der Waals surface area (Å²) in [5, 5.41) is 16.9. The second-order valence-corrected chi connectivity index (χ2v) is 9.43. The molecule has 1 heterocycles. The SMILES string of the molecule is CC(C)(C)OC(=O)NC[C@]1(c2cccc(Cl)c2)CC[C@H](n2nc(C#N)ccc2=O)CC1. The highest BCUT2D eigenvalue weighted by Crippen LogP contribution is 2.43. The van der Waals surface area contributed by atoms with Crippen LogP contribution >= 0.6 is 11.6 Å². The highest BCUT2D eigenvalue weighted by atomic mass is 35.5. The van der Waals surface area contributed by atoms with Gasteiger partial charge in [-0.15, -0.1) is 0 Å². The Morgan fingerprint density at radius 1 is 1.32 bits per heavy atom. The van der Waals surface area contributed by atoms with Crippen molar-refractivity contribution in [1.82, 2.24) is 15.1 Å². The molecule has 31 heavy (non-hydrogen) atoms. The molecule has 0 saturated heterocycles. The number of alkyl carbamates (subject to hydrolysis) is 1. The predicted octanol–water partition coefficient (Wildman–Crippen LogP) is 4.35. The van der Waals surface area contributed by atoms with Crippen LogP contribution in [0.25, 0.3) is 0 Å². The average Bonchev–Trinajstić information content (AvgIpc) is 2.72. The molecular weight excluding hydrogens is 416 g/mol. The van der Waals surface area contributed by atoms with Crippen molar-refractivity contribution in [2.75, 3.05) is 6.54 Å². The summed E-state index contributed by atoms with van der Waals surface area (Å²) in [7, 11) is 0. The molecule has 1 aliphatic rings. The molecule has 8 heteroatoms. The number of hydrogen-bond donors (Lipinski definition) is 1. The van der Waals surface area contributed by atoms with Crippen LogP contribution in [0.2, 0.25) is 5.02 Å². The van der Waals surface area contributed by atoms with Gasteiger partial charge in [-0.05, 0) is 70.2 Å². The summed E-state index contributed by atoms with van der Waals surface area (Å²) in [6, 6.07) is 12.4. The zero-order valence-corrected chi connectivity index (χ0v) is 18.8. The first-order valence-electron chi connectivity index (χ1n) is 10.3. The summed E-state index contributed by atoms with van der Waals surface area (Å²) in [6.45, 7) is 5.87. The fourth-order valence-electron chi connectivity index (χ4n) is 4.09. The largest absolute Gasteiger partial charge is 0.444 e. The minimum Gasteiger partial charge on any atom is -0.444 e. The molecular formula is C23H27ClN4O3. The lowest BCUT2D eigenvalue weighted by Gasteiger charge is -2.41. The molecule has 0 spiro atoms. The first-order chi connectivity index (χ1) is 14.6. The molecule has 3 rings (SSSR count). The van der Waals surface area contributed by atoms with E-state index in [-0.39, 0.29) is 22.7 Å². The Hall–Kier alpha value is -2.85. The number of nitriles is 1. The van der Waals surface area contributed by atoms with Gasteiger partial charge in [-0.2, -0.15) is 10.4 Å². The lowest BCUT2D eigenvalue weighted by Crippen LogP contribution is -2.45. The normalized spacial score (nSPS) is 21.2. The van der Waals surface area contributed by atoms with Crippen LogP contribution in [-0.2, 0) is 10.2 Å². The fourth-order valence-corrected chi connectivity index (χ4v) is 4.28. The maximum atomic E-state index is 12.3. The van der Waals surface area contributed by atoms with Crippen molar-refractivity contribution in [1.29, 1.82) is 5.26 Å². The van der Waals surface area contributed by atoms with E-state index >= 15 is 0 Å². The number of ether oxygens (including phenoxy) is 1. The molecule has 1 saturated carbocycles. The molecule has 1 aromatic heterocycles. The van der Waals surface area contributed by atoms with Crippen LogP contribution in [-0.4, -0.2) is 28.0 Å². The van der Waals surface area contributed by atoms with E-state index in [0.29, 0.717) is 24.4 Å². The number of amides is 1. The Morgan fingerprint density at radius 3 is 2.65 bits per heavy atom. The Morgan fingerprint density at radius 2 is 2.03 bits per heavy atom. The maximum Gasteiger partial charge on any atom is 0.407 e. The number of rotatable bonds is 4. The second kappa shape index (κ2) is 9.11. The molecule has 1 amide bonds. The summed E-state index contributed by atoms with van der Waals surface area (Å²) in [5.41, 5.74) is 0.128. The van der Waals surface area contributed by atoms with E-state index in [9.17, 15) is 9.59 Å². The zero-order chi connectivity index (χ0) is 22.6. The molecule has 1 aliphatic carbocycles. The second-order valence-electron chi connectivity index (χ2n) is 8.99. The first-order valence-corrected chi connectivity index (χ1v) is 10.7. The number of nitrogens with zero attached hydrogens (tertiary/aromatic N) is 3. The van der Waals surface area contributed by atoms with E-state index in [1.54, 1.807) is 0 Å². The smallest absolute Gasteiger partial charge is 0.407 e. The van der Waals surface area contributed by atoms with Gasteiger partial charge in [-0.1, -0.05) is 23.7 Å². The van der Waals surface area contributed by atoms with Gasteiger partial charge >= 0.3 is 6.09 Å². The molecule has 0 aliphatic heterocycles. The number of nitrogens with one attached hydrogen (secondary N) is 1. The Balaban J connectivity index is 1.82. The van der Waals surface area contributed by atoms with Crippen LogP contribution < -0.4 is 10.9 Å². The van der Waals surface area contributed by atoms with E-state index in [2.05, 4.69) is 10.4 Å². The molecule has 0 bridgehead atoms. The zero-order valence-electron chi connectivity index (χ0n) is 18.0. The lowest BCUT2D eigenvalue weighted by atomic mass is 9.68. The monoisotopic (exact) mass is 442 g/mol. The number of halogens is 1. The van der Waals surface area contributed by atoms with Crippen LogP contribution in [0, 0.1) is 11.3 Å². The highest BCUT2D eigenvalue weighted by Gasteiger charge is 2.38. The third-order valence-corrected chi connectivity index (χ3v) is 5.84. The van der Waals surface area contributed by atoms with Gasteiger partial charge in [0.15, 0.2) is 5.69 Å². The summed E-state index contributed by atoms with van der Waals surface area (Å²) in [4.78, 5) is 24.6. The summed E-state index contributed by atoms with van der Waals surface area (Å²) < 4.78 is 6.82. The quantitative estimate of drug-likeness (QED) is 0.759. The van der Waals surface area contributed by atoms with E-state index in [0.717, 1.165) is 18.4 Å². The van der Waals surface area contributed by atoms with Gasteiger partial charge in [0, 0.05) is 23.0 Å². The predicted molar refractivity (Wildman–Crippen MR) is 118 cm³/mol. The first kappa shape index (κ1) is 22.8. The topological polar surface area (TPSA) is 97.0 Å². The molecule has 0 unspecified atom stereocenters. The van der Waals surface area contributed by atoms with Gasteiger partial charge in [-0.3, -0.25) is 4.79 Å². The molecule has 2 aromatic rings. The third-order valence-electron chi connectivity index (χ3n) is 5.60. The van der Waals surface area contributed by atoms with E-state index in [4.69, 9.17) is 21.6 Å². The van der Waals surface area contributed by atoms with Crippen LogP contribution in [0.15, 0.2) is 41.2 Å². The number of aromatic nitrogens is 2. The average molecular weight is 443 g/mol. The lowest BCUT2D eigenvalue weighted by molar-refractivity contribution is 0.0504.